The van der Waals surface area contributed by atoms with Crippen molar-refractivity contribution in [3.8, 4) is 0 Å². The van der Waals surface area contributed by atoms with Gasteiger partial charge in [0.2, 0.25) is 11.9 Å². The Morgan fingerprint density at radius 1 is 1.35 bits per heavy atom. The molecule has 1 aliphatic rings. The number of carbonyl (C=O) groups excluding carboxylic acids is 1. The normalized spacial score (nSPS) is 15.7. The van der Waals surface area contributed by atoms with Gasteiger partial charge in [-0.2, -0.15) is 13.2 Å². The van der Waals surface area contributed by atoms with Crippen LogP contribution >= 0.6 is 11.8 Å². The van der Waals surface area contributed by atoms with Crippen LogP contribution in [0, 0.1) is 0 Å². The molecule has 0 saturated carbocycles. The lowest BCUT2D eigenvalue weighted by atomic mass is 10.4. The fourth-order valence-corrected chi connectivity index (χ4v) is 2.84. The molecule has 0 bridgehead atoms. The second-order valence-corrected chi connectivity index (χ2v) is 5.77. The molecule has 11 heteroatoms. The number of ether oxygens (including phenoxy) is 1. The van der Waals surface area contributed by atoms with E-state index >= 15 is 0 Å². The molecule has 1 aliphatic heterocycles. The van der Waals surface area contributed by atoms with Crippen LogP contribution in [0.4, 0.5) is 19.1 Å². The van der Waals surface area contributed by atoms with Crippen molar-refractivity contribution in [1.82, 2.24) is 20.1 Å². The van der Waals surface area contributed by atoms with E-state index in [9.17, 15) is 18.0 Å². The van der Waals surface area contributed by atoms with Crippen molar-refractivity contribution < 1.29 is 22.7 Å². The predicted molar refractivity (Wildman–Crippen MR) is 78.5 cm³/mol. The smallest absolute Gasteiger partial charge is 0.378 e. The maximum absolute atomic E-state index is 12.9. The molecule has 2 heterocycles. The minimum Gasteiger partial charge on any atom is -0.378 e. The van der Waals surface area contributed by atoms with Gasteiger partial charge in [-0.25, -0.2) is 0 Å². The lowest BCUT2D eigenvalue weighted by Gasteiger charge is -2.28. The molecular formula is C12H18F3N5O2S. The first-order chi connectivity index (χ1) is 10.9. The first kappa shape index (κ1) is 17.9. The monoisotopic (exact) mass is 353 g/mol. The lowest BCUT2D eigenvalue weighted by Crippen LogP contribution is -2.38. The van der Waals surface area contributed by atoms with E-state index in [1.54, 1.807) is 11.8 Å². The Bertz CT molecular complexity index is 531. The van der Waals surface area contributed by atoms with E-state index in [1.807, 2.05) is 0 Å². The molecule has 7 nitrogen and oxygen atoms in total. The number of carbonyl (C=O) groups is 1. The number of nitrogens with one attached hydrogen (secondary N) is 1. The number of rotatable bonds is 6. The van der Waals surface area contributed by atoms with Gasteiger partial charge in [-0.05, 0) is 6.92 Å². The highest BCUT2D eigenvalue weighted by Gasteiger charge is 2.32. The van der Waals surface area contributed by atoms with E-state index < -0.39 is 12.7 Å². The molecule has 0 atom stereocenters. The summed E-state index contributed by atoms with van der Waals surface area (Å²) in [6.07, 6.45) is -4.40. The van der Waals surface area contributed by atoms with Crippen molar-refractivity contribution in [3.05, 3.63) is 0 Å². The van der Waals surface area contributed by atoms with Crippen LogP contribution in [-0.4, -0.2) is 65.4 Å². The van der Waals surface area contributed by atoms with E-state index in [-0.39, 0.29) is 22.8 Å². The van der Waals surface area contributed by atoms with Crippen molar-refractivity contribution >= 4 is 23.6 Å². The number of hydrogen-bond donors (Lipinski definition) is 1. The molecular weight excluding hydrogens is 335 g/mol. The van der Waals surface area contributed by atoms with Gasteiger partial charge in [0.1, 0.15) is 6.54 Å². The highest BCUT2D eigenvalue weighted by Crippen LogP contribution is 2.27. The van der Waals surface area contributed by atoms with Crippen LogP contribution in [-0.2, 0) is 16.1 Å². The maximum atomic E-state index is 12.9. The molecule has 23 heavy (non-hydrogen) atoms. The van der Waals surface area contributed by atoms with Crippen molar-refractivity contribution in [2.24, 2.45) is 0 Å². The molecule has 1 fully saturated rings. The molecule has 1 aromatic rings. The summed E-state index contributed by atoms with van der Waals surface area (Å²) in [7, 11) is 0. The van der Waals surface area contributed by atoms with Crippen LogP contribution in [0.1, 0.15) is 6.92 Å². The largest absolute Gasteiger partial charge is 0.406 e. The Labute approximate surface area is 135 Å². The zero-order valence-electron chi connectivity index (χ0n) is 12.6. The number of halogens is 3. The van der Waals surface area contributed by atoms with E-state index in [4.69, 9.17) is 4.74 Å². The minimum absolute atomic E-state index is 0.00700. The highest BCUT2D eigenvalue weighted by molar-refractivity contribution is 7.99. The van der Waals surface area contributed by atoms with Crippen molar-refractivity contribution in [1.29, 1.82) is 0 Å². The van der Waals surface area contributed by atoms with Crippen molar-refractivity contribution in [2.75, 3.05) is 43.5 Å². The summed E-state index contributed by atoms with van der Waals surface area (Å²) in [5.74, 6) is -0.108. The Morgan fingerprint density at radius 2 is 2.04 bits per heavy atom. The SMILES string of the molecule is CCNC(=O)CSc1nnc(N2CCOCC2)n1CC(F)(F)F. The molecule has 0 radical (unpaired) electrons. The predicted octanol–water partition coefficient (Wildman–Crippen LogP) is 0.905. The summed E-state index contributed by atoms with van der Waals surface area (Å²) >= 11 is 0.940. The fourth-order valence-electron chi connectivity index (χ4n) is 2.08. The van der Waals surface area contributed by atoms with Gasteiger partial charge < -0.3 is 15.0 Å². The summed E-state index contributed by atoms with van der Waals surface area (Å²) in [6.45, 7) is 2.82. The third-order valence-electron chi connectivity index (χ3n) is 3.03. The highest BCUT2D eigenvalue weighted by atomic mass is 32.2. The molecule has 130 valence electrons. The molecule has 0 aliphatic carbocycles. The molecule has 1 N–H and O–H groups in total. The fraction of sp³-hybridized carbons (Fsp3) is 0.750. The Morgan fingerprint density at radius 3 is 2.65 bits per heavy atom. The number of nitrogens with zero attached hydrogens (tertiary/aromatic N) is 4. The molecule has 1 aromatic heterocycles. The van der Waals surface area contributed by atoms with E-state index in [2.05, 4.69) is 15.5 Å². The summed E-state index contributed by atoms with van der Waals surface area (Å²) < 4.78 is 44.8. The second-order valence-electron chi connectivity index (χ2n) is 4.83. The van der Waals surface area contributed by atoms with Gasteiger partial charge in [0, 0.05) is 19.6 Å². The van der Waals surface area contributed by atoms with Gasteiger partial charge in [-0.3, -0.25) is 9.36 Å². The van der Waals surface area contributed by atoms with E-state index in [0.717, 1.165) is 16.3 Å². The summed E-state index contributed by atoms with van der Waals surface area (Å²) in [5.41, 5.74) is 0. The van der Waals surface area contributed by atoms with E-state index in [0.29, 0.717) is 32.8 Å². The zero-order chi connectivity index (χ0) is 16.9. The average molecular weight is 353 g/mol. The summed E-state index contributed by atoms with van der Waals surface area (Å²) in [4.78, 5) is 13.2. The Balaban J connectivity index is 2.16. The molecule has 0 spiro atoms. The zero-order valence-corrected chi connectivity index (χ0v) is 13.4. The standard InChI is InChI=1S/C12H18F3N5O2S/c1-2-16-9(21)7-23-11-18-17-10(19-3-5-22-6-4-19)20(11)8-12(13,14)15/h2-8H2,1H3,(H,16,21). The lowest BCUT2D eigenvalue weighted by molar-refractivity contribution is -0.141. The first-order valence-corrected chi connectivity index (χ1v) is 8.11. The number of aromatic nitrogens is 3. The molecule has 0 aromatic carbocycles. The van der Waals surface area contributed by atoms with Gasteiger partial charge >= 0.3 is 6.18 Å². The molecule has 0 unspecified atom stereocenters. The van der Waals surface area contributed by atoms with Crippen LogP contribution < -0.4 is 10.2 Å². The van der Waals surface area contributed by atoms with Crippen LogP contribution in [0.2, 0.25) is 0 Å². The van der Waals surface area contributed by atoms with Gasteiger partial charge in [0.15, 0.2) is 5.16 Å². The van der Waals surface area contributed by atoms with Gasteiger partial charge in [0.25, 0.3) is 0 Å². The first-order valence-electron chi connectivity index (χ1n) is 7.13. The topological polar surface area (TPSA) is 72.3 Å². The van der Waals surface area contributed by atoms with Crippen molar-refractivity contribution in [3.63, 3.8) is 0 Å². The average Bonchev–Trinajstić information content (AvgIpc) is 2.87. The van der Waals surface area contributed by atoms with Gasteiger partial charge in [0.05, 0.1) is 19.0 Å². The van der Waals surface area contributed by atoms with Crippen molar-refractivity contribution in [2.45, 2.75) is 24.8 Å². The minimum atomic E-state index is -4.40. The maximum Gasteiger partial charge on any atom is 0.406 e. The van der Waals surface area contributed by atoms with Crippen LogP contribution in [0.5, 0.6) is 0 Å². The van der Waals surface area contributed by atoms with Gasteiger partial charge in [-0.15, -0.1) is 10.2 Å². The molecule has 1 amide bonds. The summed E-state index contributed by atoms with van der Waals surface area (Å²) in [5, 5.41) is 10.4. The number of hydrogen-bond acceptors (Lipinski definition) is 6. The Hall–Kier alpha value is -1.49. The molecule has 1 saturated heterocycles. The van der Waals surface area contributed by atoms with Gasteiger partial charge in [-0.1, -0.05) is 11.8 Å². The number of alkyl halides is 3. The number of anilines is 1. The van der Waals surface area contributed by atoms with E-state index in [1.165, 1.54) is 0 Å². The summed E-state index contributed by atoms with van der Waals surface area (Å²) in [6, 6.07) is 0. The molecule has 2 rings (SSSR count). The third-order valence-corrected chi connectivity index (χ3v) is 4.00. The quantitative estimate of drug-likeness (QED) is 0.767. The number of amides is 1. The number of thioether (sulfide) groups is 1. The second kappa shape index (κ2) is 7.86. The van der Waals surface area contributed by atoms with Crippen LogP contribution in [0.25, 0.3) is 0 Å². The van der Waals surface area contributed by atoms with Crippen LogP contribution in [0.15, 0.2) is 5.16 Å². The third kappa shape index (κ3) is 5.27. The Kier molecular flexibility index (Phi) is 6.10. The van der Waals surface area contributed by atoms with Crippen LogP contribution in [0.3, 0.4) is 0 Å². The number of morpholine rings is 1.